The number of fused-ring (bicyclic) bond motifs is 1. The van der Waals surface area contributed by atoms with Crippen LogP contribution in [0, 0.1) is 17.2 Å². The first kappa shape index (κ1) is 17.0. The van der Waals surface area contributed by atoms with Crippen LogP contribution in [0.5, 0.6) is 5.75 Å². The van der Waals surface area contributed by atoms with Gasteiger partial charge in [-0.1, -0.05) is 18.2 Å². The van der Waals surface area contributed by atoms with Crippen LogP contribution < -0.4 is 4.74 Å². The summed E-state index contributed by atoms with van der Waals surface area (Å²) < 4.78 is 10.7. The molecule has 0 saturated heterocycles. The fourth-order valence-electron chi connectivity index (χ4n) is 3.23. The molecule has 0 aliphatic heterocycles. The second kappa shape index (κ2) is 7.85. The molecule has 0 bridgehead atoms. The van der Waals surface area contributed by atoms with Crippen LogP contribution in [0.2, 0.25) is 0 Å². The molecule has 0 heterocycles. The molecule has 0 aromatic heterocycles. The summed E-state index contributed by atoms with van der Waals surface area (Å²) in [5, 5.41) is 8.83. The third-order valence-corrected chi connectivity index (χ3v) is 4.68. The van der Waals surface area contributed by atoms with Gasteiger partial charge >= 0.3 is 5.97 Å². The van der Waals surface area contributed by atoms with Crippen LogP contribution in [0.25, 0.3) is 0 Å². The van der Waals surface area contributed by atoms with Gasteiger partial charge in [0.05, 0.1) is 18.7 Å². The van der Waals surface area contributed by atoms with Crippen molar-refractivity contribution in [2.24, 2.45) is 5.92 Å². The smallest absolute Gasteiger partial charge is 0.305 e. The third-order valence-electron chi connectivity index (χ3n) is 4.68. The Kier molecular flexibility index (Phi) is 5.35. The molecule has 0 N–H and O–H groups in total. The second-order valence-corrected chi connectivity index (χ2v) is 6.42. The number of nitrogens with zero attached hydrogens (tertiary/aromatic N) is 1. The monoisotopic (exact) mass is 335 g/mol. The molecule has 2 aromatic rings. The highest BCUT2D eigenvalue weighted by Crippen LogP contribution is 2.30. The topological polar surface area (TPSA) is 59.3 Å². The summed E-state index contributed by atoms with van der Waals surface area (Å²) in [6.07, 6.45) is 3.38. The van der Waals surface area contributed by atoms with Crippen LogP contribution in [0.4, 0.5) is 0 Å². The van der Waals surface area contributed by atoms with Gasteiger partial charge in [-0.15, -0.1) is 0 Å². The maximum Gasteiger partial charge on any atom is 0.305 e. The minimum Gasteiger partial charge on any atom is -0.489 e. The van der Waals surface area contributed by atoms with Gasteiger partial charge in [-0.05, 0) is 66.1 Å². The average molecular weight is 335 g/mol. The van der Waals surface area contributed by atoms with Gasteiger partial charge in [0.1, 0.15) is 12.4 Å². The fraction of sp³-hybridized carbons (Fsp3) is 0.333. The predicted molar refractivity (Wildman–Crippen MR) is 94.1 cm³/mol. The zero-order valence-corrected chi connectivity index (χ0v) is 14.3. The molecule has 0 spiro atoms. The van der Waals surface area contributed by atoms with Gasteiger partial charge in [-0.2, -0.15) is 5.26 Å². The molecule has 4 nitrogen and oxygen atoms in total. The van der Waals surface area contributed by atoms with Crippen molar-refractivity contribution in [2.75, 3.05) is 7.11 Å². The number of rotatable bonds is 5. The lowest BCUT2D eigenvalue weighted by molar-refractivity contribution is -0.141. The van der Waals surface area contributed by atoms with Crippen molar-refractivity contribution in [1.82, 2.24) is 0 Å². The van der Waals surface area contributed by atoms with Crippen molar-refractivity contribution in [1.29, 1.82) is 5.26 Å². The van der Waals surface area contributed by atoms with E-state index in [0.29, 0.717) is 24.5 Å². The lowest BCUT2D eigenvalue weighted by Gasteiger charge is -2.24. The lowest BCUT2D eigenvalue weighted by Crippen LogP contribution is -2.18. The molecule has 0 amide bonds. The standard InChI is InChI=1S/C21H21NO3/c1-24-21(23)11-17-6-7-18-8-9-20(12-19(18)10-17)25-14-16-4-2-15(13-22)3-5-16/h2-5,8-9,12,17H,6-7,10-11,14H2,1H3. The van der Waals surface area contributed by atoms with Gasteiger partial charge in [0.2, 0.25) is 0 Å². The SMILES string of the molecule is COC(=O)CC1CCc2ccc(OCc3ccc(C#N)cc3)cc2C1. The van der Waals surface area contributed by atoms with E-state index < -0.39 is 0 Å². The van der Waals surface area contributed by atoms with Crippen LogP contribution in [0.1, 0.15) is 35.1 Å². The molecule has 1 unspecified atom stereocenters. The summed E-state index contributed by atoms with van der Waals surface area (Å²) >= 11 is 0. The van der Waals surface area contributed by atoms with Crippen molar-refractivity contribution >= 4 is 5.97 Å². The van der Waals surface area contributed by atoms with Gasteiger partial charge in [-0.3, -0.25) is 4.79 Å². The minimum atomic E-state index is -0.137. The summed E-state index contributed by atoms with van der Waals surface area (Å²) in [5.41, 5.74) is 4.28. The van der Waals surface area contributed by atoms with Crippen molar-refractivity contribution in [3.63, 3.8) is 0 Å². The number of esters is 1. The normalized spacial score (nSPS) is 15.8. The lowest BCUT2D eigenvalue weighted by atomic mass is 9.82. The van der Waals surface area contributed by atoms with Crippen molar-refractivity contribution in [2.45, 2.75) is 32.3 Å². The number of nitriles is 1. The molecule has 128 valence electrons. The van der Waals surface area contributed by atoms with Gasteiger partial charge in [0.15, 0.2) is 0 Å². The first-order chi connectivity index (χ1) is 12.2. The highest BCUT2D eigenvalue weighted by atomic mass is 16.5. The Morgan fingerprint density at radius 3 is 2.72 bits per heavy atom. The van der Waals surface area contributed by atoms with Gasteiger partial charge in [-0.25, -0.2) is 0 Å². The molecule has 1 atom stereocenters. The minimum absolute atomic E-state index is 0.137. The number of hydrogen-bond donors (Lipinski definition) is 0. The molecular weight excluding hydrogens is 314 g/mol. The number of benzene rings is 2. The first-order valence-electron chi connectivity index (χ1n) is 8.48. The van der Waals surface area contributed by atoms with Gasteiger partial charge in [0.25, 0.3) is 0 Å². The largest absolute Gasteiger partial charge is 0.489 e. The summed E-state index contributed by atoms with van der Waals surface area (Å²) in [7, 11) is 1.44. The van der Waals surface area contributed by atoms with Crippen LogP contribution in [-0.2, 0) is 29.0 Å². The van der Waals surface area contributed by atoms with Crippen LogP contribution in [0.3, 0.4) is 0 Å². The summed E-state index contributed by atoms with van der Waals surface area (Å²) in [4.78, 5) is 11.5. The summed E-state index contributed by atoms with van der Waals surface area (Å²) in [6, 6.07) is 15.7. The van der Waals surface area contributed by atoms with Crippen LogP contribution in [-0.4, -0.2) is 13.1 Å². The van der Waals surface area contributed by atoms with Gasteiger partial charge < -0.3 is 9.47 Å². The van der Waals surface area contributed by atoms with E-state index in [2.05, 4.69) is 18.2 Å². The highest BCUT2D eigenvalue weighted by Gasteiger charge is 2.21. The van der Waals surface area contributed by atoms with Crippen molar-refractivity contribution < 1.29 is 14.3 Å². The summed E-state index contributed by atoms with van der Waals surface area (Å²) in [5.74, 6) is 1.04. The molecule has 0 fully saturated rings. The number of carbonyl (C=O) groups excluding carboxylic acids is 1. The number of hydrogen-bond acceptors (Lipinski definition) is 4. The van der Waals surface area contributed by atoms with E-state index in [1.54, 1.807) is 12.1 Å². The predicted octanol–water partition coefficient (Wildman–Crippen LogP) is 3.81. The maximum atomic E-state index is 11.5. The van der Waals surface area contributed by atoms with E-state index in [1.165, 1.54) is 18.2 Å². The van der Waals surface area contributed by atoms with Gasteiger partial charge in [0, 0.05) is 6.42 Å². The second-order valence-electron chi connectivity index (χ2n) is 6.42. The Hall–Kier alpha value is -2.80. The van der Waals surface area contributed by atoms with Crippen LogP contribution >= 0.6 is 0 Å². The zero-order valence-electron chi connectivity index (χ0n) is 14.3. The van der Waals surface area contributed by atoms with E-state index in [0.717, 1.165) is 30.6 Å². The molecule has 1 aliphatic rings. The van der Waals surface area contributed by atoms with E-state index in [9.17, 15) is 4.79 Å². The van der Waals surface area contributed by atoms with E-state index in [4.69, 9.17) is 14.7 Å². The molecule has 0 radical (unpaired) electrons. The number of methoxy groups -OCH3 is 1. The van der Waals surface area contributed by atoms with Crippen molar-refractivity contribution in [3.8, 4) is 11.8 Å². The molecule has 4 heteroatoms. The summed E-state index contributed by atoms with van der Waals surface area (Å²) in [6.45, 7) is 0.468. The van der Waals surface area contributed by atoms with E-state index in [1.807, 2.05) is 18.2 Å². The Balaban J connectivity index is 1.63. The molecule has 25 heavy (non-hydrogen) atoms. The Morgan fingerprint density at radius 1 is 1.20 bits per heavy atom. The number of ether oxygens (including phenoxy) is 2. The molecule has 0 saturated carbocycles. The van der Waals surface area contributed by atoms with Crippen molar-refractivity contribution in [3.05, 3.63) is 64.7 Å². The molecular formula is C21H21NO3. The quantitative estimate of drug-likeness (QED) is 0.780. The molecule has 2 aromatic carbocycles. The highest BCUT2D eigenvalue weighted by molar-refractivity contribution is 5.69. The third kappa shape index (κ3) is 4.39. The van der Waals surface area contributed by atoms with Crippen LogP contribution in [0.15, 0.2) is 42.5 Å². The molecule has 3 rings (SSSR count). The zero-order chi connectivity index (χ0) is 17.6. The maximum absolute atomic E-state index is 11.5. The first-order valence-corrected chi connectivity index (χ1v) is 8.48. The Bertz CT molecular complexity index is 790. The fourth-order valence-corrected chi connectivity index (χ4v) is 3.23. The Labute approximate surface area is 148 Å². The molecule has 1 aliphatic carbocycles. The number of aryl methyl sites for hydroxylation is 1. The van der Waals surface area contributed by atoms with E-state index >= 15 is 0 Å². The Morgan fingerprint density at radius 2 is 2.00 bits per heavy atom. The number of carbonyl (C=O) groups is 1. The van der Waals surface area contributed by atoms with E-state index in [-0.39, 0.29) is 5.97 Å². The average Bonchev–Trinajstić information content (AvgIpc) is 2.66.